The van der Waals surface area contributed by atoms with Crippen LogP contribution in [-0.4, -0.2) is 25.3 Å². The monoisotopic (exact) mass is 343 g/mol. The van der Waals surface area contributed by atoms with E-state index in [2.05, 4.69) is 42.0 Å². The molecule has 1 N–H and O–H groups in total. The van der Waals surface area contributed by atoms with Crippen LogP contribution in [0.3, 0.4) is 0 Å². The average molecular weight is 344 g/mol. The number of hydrogen-bond acceptors (Lipinski definition) is 2. The summed E-state index contributed by atoms with van der Waals surface area (Å²) < 4.78 is 20.4. The third kappa shape index (κ3) is 4.27. The Morgan fingerprint density at radius 3 is 2.70 bits per heavy atom. The molecule has 20 heavy (non-hydrogen) atoms. The number of halogens is 2. The molecule has 0 saturated carbocycles. The number of ether oxygens (including phenoxy) is 1. The van der Waals surface area contributed by atoms with Crippen LogP contribution in [0.15, 0.2) is 22.7 Å². The fourth-order valence-corrected chi connectivity index (χ4v) is 2.85. The van der Waals surface area contributed by atoms with Crippen LogP contribution in [0.5, 0.6) is 0 Å². The molecule has 2 rings (SSSR count). The maximum atomic E-state index is 14.1. The summed E-state index contributed by atoms with van der Waals surface area (Å²) in [6.07, 6.45) is 1.70. The highest BCUT2D eigenvalue weighted by atomic mass is 79.9. The summed E-state index contributed by atoms with van der Waals surface area (Å²) in [5.74, 6) is -0.138. The van der Waals surface area contributed by atoms with Gasteiger partial charge in [0.05, 0.1) is 6.61 Å². The molecule has 0 amide bonds. The first-order valence-corrected chi connectivity index (χ1v) is 7.86. The van der Waals surface area contributed by atoms with Gasteiger partial charge < -0.3 is 10.1 Å². The lowest BCUT2D eigenvalue weighted by atomic mass is 9.80. The van der Waals surface area contributed by atoms with Crippen LogP contribution in [0, 0.1) is 11.2 Å². The number of rotatable bonds is 4. The van der Waals surface area contributed by atoms with Crippen molar-refractivity contribution in [1.29, 1.82) is 0 Å². The van der Waals surface area contributed by atoms with Crippen molar-refractivity contribution in [2.24, 2.45) is 5.41 Å². The number of benzene rings is 1. The van der Waals surface area contributed by atoms with E-state index in [0.717, 1.165) is 36.0 Å². The van der Waals surface area contributed by atoms with Crippen molar-refractivity contribution in [3.63, 3.8) is 0 Å². The normalized spacial score (nSPS) is 23.2. The van der Waals surface area contributed by atoms with Gasteiger partial charge in [0.15, 0.2) is 0 Å². The van der Waals surface area contributed by atoms with Crippen molar-refractivity contribution in [3.05, 3.63) is 34.1 Å². The van der Waals surface area contributed by atoms with E-state index in [1.807, 2.05) is 12.1 Å². The van der Waals surface area contributed by atoms with Crippen molar-refractivity contribution >= 4 is 15.9 Å². The standard InChI is InChI=1S/C16H23BrFNO/c1-15(2,3)19-10-16(6-7-20-11-16)9-12-4-5-13(17)8-14(12)18/h4-5,8,19H,6-7,9-11H2,1-3H3. The van der Waals surface area contributed by atoms with E-state index in [0.29, 0.717) is 6.61 Å². The highest BCUT2D eigenvalue weighted by molar-refractivity contribution is 9.10. The molecule has 1 unspecified atom stereocenters. The first kappa shape index (κ1) is 15.9. The predicted octanol–water partition coefficient (Wildman–Crippen LogP) is 3.93. The van der Waals surface area contributed by atoms with Crippen molar-refractivity contribution in [2.45, 2.75) is 39.2 Å². The van der Waals surface area contributed by atoms with E-state index >= 15 is 0 Å². The zero-order valence-electron chi connectivity index (χ0n) is 12.4. The summed E-state index contributed by atoms with van der Waals surface area (Å²) >= 11 is 3.30. The SMILES string of the molecule is CC(C)(C)NCC1(Cc2ccc(Br)cc2F)CCOC1. The third-order valence-electron chi connectivity index (χ3n) is 3.76. The molecule has 0 radical (unpaired) electrons. The summed E-state index contributed by atoms with van der Waals surface area (Å²) in [7, 11) is 0. The van der Waals surface area contributed by atoms with Gasteiger partial charge in [-0.15, -0.1) is 0 Å². The molecular formula is C16H23BrFNO. The van der Waals surface area contributed by atoms with Crippen molar-refractivity contribution in [2.75, 3.05) is 19.8 Å². The molecule has 1 aromatic carbocycles. The molecule has 1 aliphatic rings. The fraction of sp³-hybridized carbons (Fsp3) is 0.625. The smallest absolute Gasteiger partial charge is 0.127 e. The van der Waals surface area contributed by atoms with Crippen molar-refractivity contribution < 1.29 is 9.13 Å². The quantitative estimate of drug-likeness (QED) is 0.894. The van der Waals surface area contributed by atoms with Crippen LogP contribution in [0.4, 0.5) is 4.39 Å². The number of nitrogens with one attached hydrogen (secondary N) is 1. The maximum Gasteiger partial charge on any atom is 0.127 e. The van der Waals surface area contributed by atoms with E-state index in [1.54, 1.807) is 0 Å². The Morgan fingerprint density at radius 2 is 2.15 bits per heavy atom. The third-order valence-corrected chi connectivity index (χ3v) is 4.25. The van der Waals surface area contributed by atoms with Gasteiger partial charge in [0.1, 0.15) is 5.82 Å². The lowest BCUT2D eigenvalue weighted by Gasteiger charge is -2.32. The zero-order valence-corrected chi connectivity index (χ0v) is 14.0. The summed E-state index contributed by atoms with van der Waals surface area (Å²) in [4.78, 5) is 0. The van der Waals surface area contributed by atoms with Crippen LogP contribution >= 0.6 is 15.9 Å². The van der Waals surface area contributed by atoms with E-state index in [1.165, 1.54) is 6.07 Å². The first-order chi connectivity index (χ1) is 9.30. The second-order valence-electron chi connectivity index (χ2n) is 6.82. The van der Waals surface area contributed by atoms with E-state index in [4.69, 9.17) is 4.74 Å². The minimum atomic E-state index is -0.138. The minimum Gasteiger partial charge on any atom is -0.381 e. The van der Waals surface area contributed by atoms with Crippen LogP contribution < -0.4 is 5.32 Å². The van der Waals surface area contributed by atoms with Gasteiger partial charge in [0.2, 0.25) is 0 Å². The first-order valence-electron chi connectivity index (χ1n) is 7.06. The van der Waals surface area contributed by atoms with Gasteiger partial charge in [-0.2, -0.15) is 0 Å². The second kappa shape index (κ2) is 6.12. The Morgan fingerprint density at radius 1 is 1.40 bits per heavy atom. The molecule has 4 heteroatoms. The molecule has 112 valence electrons. The van der Waals surface area contributed by atoms with E-state index in [9.17, 15) is 4.39 Å². The minimum absolute atomic E-state index is 0.00193. The van der Waals surface area contributed by atoms with Gasteiger partial charge in [-0.1, -0.05) is 22.0 Å². The van der Waals surface area contributed by atoms with E-state index < -0.39 is 0 Å². The molecule has 0 bridgehead atoms. The summed E-state index contributed by atoms with van der Waals surface area (Å²) in [6, 6.07) is 5.31. The molecule has 1 saturated heterocycles. The second-order valence-corrected chi connectivity index (χ2v) is 7.73. The Balaban J connectivity index is 2.12. The lowest BCUT2D eigenvalue weighted by molar-refractivity contribution is 0.143. The van der Waals surface area contributed by atoms with Gasteiger partial charge in [-0.05, 0) is 51.3 Å². The number of hydrogen-bond donors (Lipinski definition) is 1. The Bertz CT molecular complexity index is 464. The molecule has 0 aromatic heterocycles. The Labute approximate surface area is 129 Å². The lowest BCUT2D eigenvalue weighted by Crippen LogP contribution is -2.45. The largest absolute Gasteiger partial charge is 0.381 e. The van der Waals surface area contributed by atoms with Crippen LogP contribution in [0.2, 0.25) is 0 Å². The van der Waals surface area contributed by atoms with E-state index in [-0.39, 0.29) is 16.8 Å². The molecule has 0 spiro atoms. The van der Waals surface area contributed by atoms with Crippen LogP contribution in [-0.2, 0) is 11.2 Å². The molecule has 0 aliphatic carbocycles. The molecule has 1 atom stereocenters. The molecule has 1 fully saturated rings. The van der Waals surface area contributed by atoms with Crippen LogP contribution in [0.1, 0.15) is 32.8 Å². The Hall–Kier alpha value is -0.450. The molecule has 1 heterocycles. The van der Waals surface area contributed by atoms with Gasteiger partial charge >= 0.3 is 0 Å². The fourth-order valence-electron chi connectivity index (χ4n) is 2.51. The maximum absolute atomic E-state index is 14.1. The highest BCUT2D eigenvalue weighted by Gasteiger charge is 2.36. The van der Waals surface area contributed by atoms with Gasteiger partial charge in [0.25, 0.3) is 0 Å². The summed E-state index contributed by atoms with van der Waals surface area (Å²) in [5, 5.41) is 3.54. The van der Waals surface area contributed by atoms with Gasteiger partial charge in [0, 0.05) is 28.6 Å². The zero-order chi connectivity index (χ0) is 14.8. The summed E-state index contributed by atoms with van der Waals surface area (Å²) in [5.41, 5.74) is 0.838. The molecule has 1 aliphatic heterocycles. The Kier molecular flexibility index (Phi) is 4.88. The van der Waals surface area contributed by atoms with Crippen LogP contribution in [0.25, 0.3) is 0 Å². The molecule has 2 nitrogen and oxygen atoms in total. The highest BCUT2D eigenvalue weighted by Crippen LogP contribution is 2.33. The summed E-state index contributed by atoms with van der Waals surface area (Å²) in [6.45, 7) is 8.77. The average Bonchev–Trinajstić information content (AvgIpc) is 2.79. The van der Waals surface area contributed by atoms with Gasteiger partial charge in [-0.3, -0.25) is 0 Å². The topological polar surface area (TPSA) is 21.3 Å². The van der Waals surface area contributed by atoms with Gasteiger partial charge in [-0.25, -0.2) is 4.39 Å². The molecule has 1 aromatic rings. The van der Waals surface area contributed by atoms with Crippen molar-refractivity contribution in [3.8, 4) is 0 Å². The molecular weight excluding hydrogens is 321 g/mol. The van der Waals surface area contributed by atoms with Crippen molar-refractivity contribution in [1.82, 2.24) is 5.32 Å². The predicted molar refractivity (Wildman–Crippen MR) is 83.4 cm³/mol.